The molecule has 0 aliphatic heterocycles. The molecule has 0 spiro atoms. The van der Waals surface area contributed by atoms with Crippen LogP contribution < -0.4 is 0 Å². The van der Waals surface area contributed by atoms with E-state index in [9.17, 15) is 14.7 Å². The summed E-state index contributed by atoms with van der Waals surface area (Å²) in [7, 11) is 0. The fourth-order valence-corrected chi connectivity index (χ4v) is 2.81. The molecule has 0 bridgehead atoms. The van der Waals surface area contributed by atoms with Gasteiger partial charge in [-0.3, -0.25) is 9.59 Å². The van der Waals surface area contributed by atoms with Crippen LogP contribution >= 0.6 is 0 Å². The minimum absolute atomic E-state index is 0.0435. The molecule has 0 aromatic carbocycles. The number of unbranched alkanes of at least 4 members (excludes halogenated alkanes) is 3. The van der Waals surface area contributed by atoms with Crippen molar-refractivity contribution in [3.63, 3.8) is 0 Å². The maximum absolute atomic E-state index is 12.0. The van der Waals surface area contributed by atoms with Crippen molar-refractivity contribution in [1.29, 1.82) is 0 Å². The van der Waals surface area contributed by atoms with Crippen molar-refractivity contribution in [2.24, 2.45) is 11.8 Å². The monoisotopic (exact) mass is 334 g/mol. The summed E-state index contributed by atoms with van der Waals surface area (Å²) >= 11 is 0. The third kappa shape index (κ3) is 8.25. The molecule has 2 N–H and O–H groups in total. The largest absolute Gasteiger partial charge is 0.481 e. The van der Waals surface area contributed by atoms with Gasteiger partial charge in [0.2, 0.25) is 0 Å². The maximum atomic E-state index is 12.0. The normalized spacial score (nSPS) is 22.0. The Morgan fingerprint density at radius 2 is 2.08 bits per heavy atom. The first kappa shape index (κ1) is 20.4. The fourth-order valence-electron chi connectivity index (χ4n) is 2.81. The molecular formula is C20H30O4. The Labute approximate surface area is 145 Å². The molecule has 1 aliphatic rings. The summed E-state index contributed by atoms with van der Waals surface area (Å²) in [6, 6.07) is 0. The van der Waals surface area contributed by atoms with Crippen molar-refractivity contribution in [2.45, 2.75) is 64.4 Å². The summed E-state index contributed by atoms with van der Waals surface area (Å²) in [5.74, 6) is -0.705. The van der Waals surface area contributed by atoms with Gasteiger partial charge in [-0.25, -0.2) is 0 Å². The highest BCUT2D eigenvalue weighted by Gasteiger charge is 2.27. The molecule has 1 aliphatic carbocycles. The molecule has 0 heterocycles. The topological polar surface area (TPSA) is 74.6 Å². The summed E-state index contributed by atoms with van der Waals surface area (Å²) in [5.41, 5.74) is 0. The number of aliphatic carboxylic acids is 1. The number of carboxylic acids is 1. The summed E-state index contributed by atoms with van der Waals surface area (Å²) in [6.07, 6.45) is 17.0. The third-order valence-corrected chi connectivity index (χ3v) is 4.29. The smallest absolute Gasteiger partial charge is 0.303 e. The van der Waals surface area contributed by atoms with Gasteiger partial charge in [-0.2, -0.15) is 0 Å². The van der Waals surface area contributed by atoms with E-state index >= 15 is 0 Å². The lowest BCUT2D eigenvalue weighted by Crippen LogP contribution is -2.14. The highest BCUT2D eigenvalue weighted by atomic mass is 16.4. The minimum Gasteiger partial charge on any atom is -0.481 e. The Bertz CT molecular complexity index is 476. The second kappa shape index (κ2) is 11.8. The van der Waals surface area contributed by atoms with E-state index in [0.29, 0.717) is 12.8 Å². The molecule has 0 unspecified atom stereocenters. The first-order chi connectivity index (χ1) is 11.5. The number of carboxylic acid groups (broad SMARTS) is 1. The molecule has 0 amide bonds. The second-order valence-electron chi connectivity index (χ2n) is 6.39. The Hall–Kier alpha value is -1.68. The Balaban J connectivity index is 2.38. The van der Waals surface area contributed by atoms with Crippen molar-refractivity contribution in [3.8, 4) is 0 Å². The molecule has 0 saturated heterocycles. The maximum Gasteiger partial charge on any atom is 0.303 e. The molecule has 134 valence electrons. The number of allylic oxidation sites excluding steroid dienone is 5. The average molecular weight is 334 g/mol. The van der Waals surface area contributed by atoms with Crippen LogP contribution in [0.3, 0.4) is 0 Å². The molecular weight excluding hydrogens is 304 g/mol. The van der Waals surface area contributed by atoms with Gasteiger partial charge in [-0.05, 0) is 31.8 Å². The predicted molar refractivity (Wildman–Crippen MR) is 95.7 cm³/mol. The number of rotatable bonds is 12. The van der Waals surface area contributed by atoms with Crippen LogP contribution in [0.2, 0.25) is 0 Å². The van der Waals surface area contributed by atoms with E-state index in [1.165, 1.54) is 0 Å². The zero-order valence-electron chi connectivity index (χ0n) is 14.6. The molecule has 1 rings (SSSR count). The summed E-state index contributed by atoms with van der Waals surface area (Å²) in [5, 5.41) is 18.5. The van der Waals surface area contributed by atoms with Crippen LogP contribution in [0.1, 0.15) is 58.3 Å². The molecule has 0 fully saturated rings. The number of aliphatic hydroxyl groups excluding tert-OH is 1. The van der Waals surface area contributed by atoms with Crippen LogP contribution in [0.4, 0.5) is 0 Å². The zero-order valence-corrected chi connectivity index (χ0v) is 14.6. The van der Waals surface area contributed by atoms with E-state index in [1.807, 2.05) is 30.4 Å². The van der Waals surface area contributed by atoms with E-state index in [2.05, 4.69) is 6.92 Å². The van der Waals surface area contributed by atoms with Crippen LogP contribution in [0, 0.1) is 11.8 Å². The highest BCUT2D eigenvalue weighted by Crippen LogP contribution is 2.27. The summed E-state index contributed by atoms with van der Waals surface area (Å²) < 4.78 is 0. The number of hydrogen-bond donors (Lipinski definition) is 2. The predicted octanol–water partition coefficient (Wildman–Crippen LogP) is 4.06. The number of aliphatic hydroxyl groups is 1. The van der Waals surface area contributed by atoms with Gasteiger partial charge >= 0.3 is 5.97 Å². The SMILES string of the molecule is CCCCC[C@H](O)/C=C/[C@@H]1C=CC(=O)[C@H]1C/C=C\CCCC(=O)O. The Kier molecular flexibility index (Phi) is 10.0. The number of carbonyl (C=O) groups excluding carboxylic acids is 1. The van der Waals surface area contributed by atoms with Gasteiger partial charge < -0.3 is 10.2 Å². The molecule has 0 saturated carbocycles. The van der Waals surface area contributed by atoms with E-state index in [0.717, 1.165) is 32.1 Å². The summed E-state index contributed by atoms with van der Waals surface area (Å²) in [4.78, 5) is 22.4. The van der Waals surface area contributed by atoms with Crippen LogP contribution in [0.5, 0.6) is 0 Å². The lowest BCUT2D eigenvalue weighted by atomic mass is 9.90. The number of carbonyl (C=O) groups is 2. The van der Waals surface area contributed by atoms with E-state index in [4.69, 9.17) is 5.11 Å². The first-order valence-corrected chi connectivity index (χ1v) is 8.99. The highest BCUT2D eigenvalue weighted by molar-refractivity contribution is 5.95. The van der Waals surface area contributed by atoms with Crippen molar-refractivity contribution in [2.75, 3.05) is 0 Å². The van der Waals surface area contributed by atoms with Gasteiger partial charge in [0.05, 0.1) is 6.10 Å². The first-order valence-electron chi connectivity index (χ1n) is 8.99. The fraction of sp³-hybridized carbons (Fsp3) is 0.600. The number of hydrogen-bond acceptors (Lipinski definition) is 3. The van der Waals surface area contributed by atoms with Gasteiger partial charge in [0.25, 0.3) is 0 Å². The lowest BCUT2D eigenvalue weighted by molar-refractivity contribution is -0.137. The number of ketones is 1. The van der Waals surface area contributed by atoms with E-state index in [1.54, 1.807) is 6.08 Å². The van der Waals surface area contributed by atoms with Crippen molar-refractivity contribution in [1.82, 2.24) is 0 Å². The lowest BCUT2D eigenvalue weighted by Gasteiger charge is -2.13. The van der Waals surface area contributed by atoms with E-state index < -0.39 is 12.1 Å². The zero-order chi connectivity index (χ0) is 17.8. The molecule has 24 heavy (non-hydrogen) atoms. The van der Waals surface area contributed by atoms with Gasteiger partial charge in [0.15, 0.2) is 5.78 Å². The van der Waals surface area contributed by atoms with Gasteiger partial charge in [0.1, 0.15) is 0 Å². The molecule has 0 radical (unpaired) electrons. The molecule has 0 aromatic rings. The molecule has 4 nitrogen and oxygen atoms in total. The minimum atomic E-state index is -0.777. The second-order valence-corrected chi connectivity index (χ2v) is 6.39. The van der Waals surface area contributed by atoms with Crippen LogP contribution in [0.15, 0.2) is 36.5 Å². The molecule has 4 heteroatoms. The third-order valence-electron chi connectivity index (χ3n) is 4.29. The standard InChI is InChI=1S/C20H30O4/c1-2-3-6-9-17(21)14-12-16-13-15-19(22)18(16)10-7-4-5-8-11-20(23)24/h4,7,12-18,21H,2-3,5-6,8-11H2,1H3,(H,23,24)/b7-4-,14-12+/t16-,17+,18+/m1/s1. The van der Waals surface area contributed by atoms with Gasteiger partial charge in [-0.15, -0.1) is 0 Å². The summed E-state index contributed by atoms with van der Waals surface area (Å²) in [6.45, 7) is 2.14. The van der Waals surface area contributed by atoms with E-state index in [-0.39, 0.29) is 24.0 Å². The molecule has 3 atom stereocenters. The van der Waals surface area contributed by atoms with Gasteiger partial charge in [-0.1, -0.05) is 56.6 Å². The van der Waals surface area contributed by atoms with Crippen LogP contribution in [-0.4, -0.2) is 28.1 Å². The van der Waals surface area contributed by atoms with Gasteiger partial charge in [0, 0.05) is 18.3 Å². The van der Waals surface area contributed by atoms with Crippen LogP contribution in [0.25, 0.3) is 0 Å². The Morgan fingerprint density at radius 1 is 1.29 bits per heavy atom. The average Bonchev–Trinajstić information content (AvgIpc) is 2.89. The van der Waals surface area contributed by atoms with Crippen molar-refractivity contribution < 1.29 is 19.8 Å². The van der Waals surface area contributed by atoms with Crippen LogP contribution in [-0.2, 0) is 9.59 Å². The van der Waals surface area contributed by atoms with Crippen molar-refractivity contribution >= 4 is 11.8 Å². The van der Waals surface area contributed by atoms with Crippen molar-refractivity contribution in [3.05, 3.63) is 36.5 Å². The quantitative estimate of drug-likeness (QED) is 0.417. The Morgan fingerprint density at radius 3 is 2.79 bits per heavy atom. The molecule has 0 aromatic heterocycles.